The van der Waals surface area contributed by atoms with Crippen molar-refractivity contribution in [2.45, 2.75) is 49.7 Å². The highest BCUT2D eigenvalue weighted by molar-refractivity contribution is 7.89. The summed E-state index contributed by atoms with van der Waals surface area (Å²) in [5, 5.41) is 17.5. The van der Waals surface area contributed by atoms with Crippen LogP contribution in [-0.2, 0) is 39.0 Å². The number of carboxylic acid groups (broad SMARTS) is 1. The summed E-state index contributed by atoms with van der Waals surface area (Å²) >= 11 is 0. The molecule has 1 unspecified atom stereocenters. The first-order valence-electron chi connectivity index (χ1n) is 12.4. The van der Waals surface area contributed by atoms with Crippen LogP contribution in [0, 0.1) is 5.41 Å². The van der Waals surface area contributed by atoms with Crippen LogP contribution in [0.25, 0.3) is 0 Å². The number of nitrogens with zero attached hydrogens (tertiary/aromatic N) is 2. The van der Waals surface area contributed by atoms with E-state index in [1.165, 1.54) is 11.0 Å². The molecule has 0 bridgehead atoms. The Balaban J connectivity index is 0.00000280. The molecule has 2 heterocycles. The maximum absolute atomic E-state index is 13.8. The fourth-order valence-electron chi connectivity index (χ4n) is 4.92. The molecular weight excluding hydrogens is 577 g/mol. The number of aliphatic carboxylic acids is 1. The number of likely N-dealkylation sites (N-methyl/N-ethyl adjacent to an activating group) is 1. The average molecular weight is 613 g/mol. The standard InChI is InChI=1S/C27H33N5O5S.2ClH/c1-17-8-11-32(24(12-17)27(34)35)26(33)23(14-18-4-3-5-20(13-18)25(28)29)30-38(36,37)22-7-6-21-16-31(2)10-9-19(21)15-22;;/h3-8,13,15,23-24,30H,9-12,14,16H2,1-2H3,(H3,28,29)(H,34,35);2*1H/t23-,24?;;/m0../s1. The number of carbonyl (C=O) groups excluding carboxylic acids is 1. The number of fused-ring (bicyclic) bond motifs is 1. The van der Waals surface area contributed by atoms with Gasteiger partial charge in [-0.2, -0.15) is 4.72 Å². The Labute approximate surface area is 247 Å². The number of rotatable bonds is 8. The molecule has 0 aliphatic carbocycles. The van der Waals surface area contributed by atoms with Gasteiger partial charge in [0.15, 0.2) is 0 Å². The van der Waals surface area contributed by atoms with Crippen LogP contribution in [-0.4, -0.2) is 73.3 Å². The van der Waals surface area contributed by atoms with Crippen LogP contribution in [0.4, 0.5) is 0 Å². The number of nitrogens with two attached hydrogens (primary N) is 1. The third-order valence-corrected chi connectivity index (χ3v) is 8.53. The molecule has 40 heavy (non-hydrogen) atoms. The first kappa shape index (κ1) is 33.2. The summed E-state index contributed by atoms with van der Waals surface area (Å²) in [6.07, 6.45) is 2.62. The van der Waals surface area contributed by atoms with Gasteiger partial charge in [0.2, 0.25) is 15.9 Å². The molecule has 2 aliphatic rings. The Bertz CT molecular complexity index is 1420. The Morgan fingerprint density at radius 1 is 1.18 bits per heavy atom. The van der Waals surface area contributed by atoms with E-state index >= 15 is 0 Å². The molecule has 0 saturated carbocycles. The first-order valence-corrected chi connectivity index (χ1v) is 13.9. The zero-order valence-electron chi connectivity index (χ0n) is 22.3. The van der Waals surface area contributed by atoms with E-state index in [0.29, 0.717) is 11.1 Å². The van der Waals surface area contributed by atoms with Gasteiger partial charge in [0.25, 0.3) is 0 Å². The number of sulfonamides is 1. The van der Waals surface area contributed by atoms with Gasteiger partial charge in [0.1, 0.15) is 17.9 Å². The molecule has 0 aromatic heterocycles. The fraction of sp³-hybridized carbons (Fsp3) is 0.370. The molecule has 10 nitrogen and oxygen atoms in total. The number of carbonyl (C=O) groups is 2. The van der Waals surface area contributed by atoms with E-state index in [1.54, 1.807) is 49.4 Å². The molecule has 0 spiro atoms. The van der Waals surface area contributed by atoms with Crippen molar-refractivity contribution in [3.63, 3.8) is 0 Å². The fourth-order valence-corrected chi connectivity index (χ4v) is 6.16. The SMILES string of the molecule is CC1=CCN(C(=O)[C@H](Cc2cccc(C(=N)N)c2)NS(=O)(=O)c2ccc3c(c2)CCN(C)C3)C(C(=O)O)C1.Cl.Cl. The van der Waals surface area contributed by atoms with Crippen molar-refractivity contribution < 1.29 is 23.1 Å². The normalized spacial score (nSPS) is 17.9. The second-order valence-electron chi connectivity index (χ2n) is 10.0. The summed E-state index contributed by atoms with van der Waals surface area (Å²) in [6, 6.07) is 9.28. The lowest BCUT2D eigenvalue weighted by molar-refractivity contribution is -0.150. The largest absolute Gasteiger partial charge is 0.480 e. The molecule has 13 heteroatoms. The van der Waals surface area contributed by atoms with Gasteiger partial charge in [0.05, 0.1) is 4.90 Å². The third kappa shape index (κ3) is 7.61. The topological polar surface area (TPSA) is 157 Å². The quantitative estimate of drug-likeness (QED) is 0.203. The van der Waals surface area contributed by atoms with Gasteiger partial charge >= 0.3 is 5.97 Å². The summed E-state index contributed by atoms with van der Waals surface area (Å²) in [7, 11) is -2.12. The number of amides is 1. The maximum atomic E-state index is 13.8. The van der Waals surface area contributed by atoms with Crippen molar-refractivity contribution in [1.82, 2.24) is 14.5 Å². The number of carboxylic acids is 1. The number of hydrogen-bond donors (Lipinski definition) is 4. The molecule has 1 amide bonds. The Kier molecular flexibility index (Phi) is 11.3. The van der Waals surface area contributed by atoms with E-state index in [-0.39, 0.29) is 54.9 Å². The number of amidine groups is 1. The summed E-state index contributed by atoms with van der Waals surface area (Å²) in [5.74, 6) is -1.93. The lowest BCUT2D eigenvalue weighted by Crippen LogP contribution is -2.55. The van der Waals surface area contributed by atoms with E-state index in [1.807, 2.05) is 7.05 Å². The van der Waals surface area contributed by atoms with Crippen LogP contribution in [0.15, 0.2) is 59.0 Å². The summed E-state index contributed by atoms with van der Waals surface area (Å²) in [6.45, 7) is 3.42. The molecule has 2 aromatic carbocycles. The van der Waals surface area contributed by atoms with Crippen molar-refractivity contribution in [1.29, 1.82) is 5.41 Å². The van der Waals surface area contributed by atoms with Crippen LogP contribution in [0.1, 0.15) is 35.6 Å². The summed E-state index contributed by atoms with van der Waals surface area (Å²) in [4.78, 5) is 29.2. The smallest absolute Gasteiger partial charge is 0.326 e. The van der Waals surface area contributed by atoms with Crippen molar-refractivity contribution in [2.75, 3.05) is 20.1 Å². The number of nitrogens with one attached hydrogen (secondary N) is 2. The minimum Gasteiger partial charge on any atom is -0.480 e. The molecule has 0 radical (unpaired) electrons. The molecule has 5 N–H and O–H groups in total. The molecule has 218 valence electrons. The second kappa shape index (κ2) is 13.6. The van der Waals surface area contributed by atoms with Crippen molar-refractivity contribution in [3.8, 4) is 0 Å². The van der Waals surface area contributed by atoms with E-state index in [0.717, 1.165) is 36.2 Å². The van der Waals surface area contributed by atoms with Gasteiger partial charge in [-0.25, -0.2) is 13.2 Å². The minimum atomic E-state index is -4.13. The maximum Gasteiger partial charge on any atom is 0.326 e. The highest BCUT2D eigenvalue weighted by Crippen LogP contribution is 2.24. The lowest BCUT2D eigenvalue weighted by atomic mass is 9.98. The van der Waals surface area contributed by atoms with Gasteiger partial charge in [-0.3, -0.25) is 10.2 Å². The lowest BCUT2D eigenvalue weighted by Gasteiger charge is -2.34. The van der Waals surface area contributed by atoms with Crippen molar-refractivity contribution in [3.05, 3.63) is 76.4 Å². The average Bonchev–Trinajstić information content (AvgIpc) is 2.87. The summed E-state index contributed by atoms with van der Waals surface area (Å²) in [5.41, 5.74) is 9.51. The van der Waals surface area contributed by atoms with Crippen LogP contribution < -0.4 is 10.5 Å². The second-order valence-corrected chi connectivity index (χ2v) is 11.7. The van der Waals surface area contributed by atoms with Crippen molar-refractivity contribution in [2.24, 2.45) is 5.73 Å². The van der Waals surface area contributed by atoms with Crippen molar-refractivity contribution >= 4 is 52.5 Å². The molecule has 2 atom stereocenters. The predicted octanol–water partition coefficient (Wildman–Crippen LogP) is 2.32. The number of benzene rings is 2. The van der Waals surface area contributed by atoms with Gasteiger partial charge < -0.3 is 20.6 Å². The van der Waals surface area contributed by atoms with E-state index < -0.39 is 34.0 Å². The molecule has 2 aliphatic heterocycles. The predicted molar refractivity (Wildman–Crippen MR) is 158 cm³/mol. The zero-order chi connectivity index (χ0) is 27.6. The number of hydrogen-bond acceptors (Lipinski definition) is 6. The van der Waals surface area contributed by atoms with Gasteiger partial charge in [-0.15, -0.1) is 24.8 Å². The monoisotopic (exact) mass is 611 g/mol. The van der Waals surface area contributed by atoms with Gasteiger partial charge in [0, 0.05) is 25.2 Å². The zero-order valence-corrected chi connectivity index (χ0v) is 24.7. The van der Waals surface area contributed by atoms with Crippen LogP contribution in [0.3, 0.4) is 0 Å². The molecule has 0 saturated heterocycles. The molecule has 0 fully saturated rings. The number of halogens is 2. The molecular formula is C27H35Cl2N5O5S. The van der Waals surface area contributed by atoms with E-state index in [2.05, 4.69) is 9.62 Å². The Hall–Kier alpha value is -2.96. The molecule has 2 aromatic rings. The van der Waals surface area contributed by atoms with Crippen LogP contribution in [0.2, 0.25) is 0 Å². The highest BCUT2D eigenvalue weighted by atomic mass is 35.5. The van der Waals surface area contributed by atoms with E-state index in [9.17, 15) is 23.1 Å². The number of nitrogen functional groups attached to an aromatic ring is 1. The van der Waals surface area contributed by atoms with Crippen LogP contribution in [0.5, 0.6) is 0 Å². The highest BCUT2D eigenvalue weighted by Gasteiger charge is 2.37. The Morgan fingerprint density at radius 2 is 1.90 bits per heavy atom. The van der Waals surface area contributed by atoms with E-state index in [4.69, 9.17) is 11.1 Å². The summed E-state index contributed by atoms with van der Waals surface area (Å²) < 4.78 is 29.6. The minimum absolute atomic E-state index is 0. The third-order valence-electron chi connectivity index (χ3n) is 7.06. The van der Waals surface area contributed by atoms with Crippen LogP contribution >= 0.6 is 24.8 Å². The Morgan fingerprint density at radius 3 is 2.58 bits per heavy atom. The van der Waals surface area contributed by atoms with Gasteiger partial charge in [-0.1, -0.05) is 35.9 Å². The molecule has 4 rings (SSSR count). The first-order chi connectivity index (χ1) is 17.9. The van der Waals surface area contributed by atoms with Gasteiger partial charge in [-0.05, 0) is 68.1 Å².